The molecule has 0 spiro atoms. The number of carbonyl (C=O) groups is 7. The molecule has 7 atom stereocenters. The van der Waals surface area contributed by atoms with Gasteiger partial charge in [0, 0.05) is 66.9 Å². The number of benzene rings is 8. The first kappa shape index (κ1) is 103. The fourth-order valence-corrected chi connectivity index (χ4v) is 16.1. The third kappa shape index (κ3) is 36.0. The third-order valence-corrected chi connectivity index (χ3v) is 23.8. The van der Waals surface area contributed by atoms with E-state index in [0.29, 0.717) is 98.8 Å². The van der Waals surface area contributed by atoms with Crippen LogP contribution in [0.3, 0.4) is 0 Å². The minimum Gasteiger partial charge on any atom is -0.508 e. The zero-order valence-electron chi connectivity index (χ0n) is 76.2. The molecular formula is C107H114BrClF4O21. The standard InChI is InChI=1S/C18H18O3.C18H20O2.C15H15F3O3.C14H15BrO3.C14H15ClO3.C14H15FO3.C14H16O4/c1-20-17-11-16(21-18(19)12-17)9-7-13-6-8-14-4-2-3-5-15(14)10-13;1-20-18-11-14(10-17(19)12-18)6-5-13-7-8-15-3-2-4-16(15)9-13;1-20-13-8-12(21-14(19)9-13)7-4-10-2-5-11(6-3-10)15(16,17)18;4*1-17-13-8-12(18-14(16)9-13)7-4-10-2-5-11(15)6-3-10/h2-6,8,10,12,16H,7,9,11H2,1H3;5-9,12,14H,2-4,10-11H2,1H3;2-3,5-6,9,12H,4,7-8H2,1H3;3*2-3,5-6,9,12H,4,7-8H2,1H3;2-3,5-6,9,12,15H,4,7-8H2,1H3/b;6-5+;;;;;. The van der Waals surface area contributed by atoms with E-state index < -0.39 is 17.7 Å². The van der Waals surface area contributed by atoms with Gasteiger partial charge in [0.25, 0.3) is 0 Å². The molecule has 0 saturated carbocycles. The molecule has 7 unspecified atom stereocenters. The average Bonchev–Trinajstić information content (AvgIpc) is 1.76. The molecule has 0 amide bonds. The molecule has 2 aliphatic carbocycles. The predicted molar refractivity (Wildman–Crippen MR) is 503 cm³/mol. The van der Waals surface area contributed by atoms with Crippen molar-refractivity contribution in [2.45, 2.75) is 190 Å². The Labute approximate surface area is 792 Å². The van der Waals surface area contributed by atoms with Gasteiger partial charge in [0.15, 0.2) is 5.78 Å². The zero-order valence-corrected chi connectivity index (χ0v) is 78.5. The summed E-state index contributed by atoms with van der Waals surface area (Å²) < 4.78 is 118. The van der Waals surface area contributed by atoms with Gasteiger partial charge in [0.05, 0.1) is 97.5 Å². The van der Waals surface area contributed by atoms with Gasteiger partial charge in [-0.15, -0.1) is 0 Å². The molecule has 0 saturated heterocycles. The number of rotatable bonds is 27. The molecule has 16 rings (SSSR count). The van der Waals surface area contributed by atoms with E-state index in [0.717, 1.165) is 108 Å². The van der Waals surface area contributed by atoms with Crippen molar-refractivity contribution in [3.8, 4) is 5.75 Å². The summed E-state index contributed by atoms with van der Waals surface area (Å²) in [6, 6.07) is 55.8. The smallest absolute Gasteiger partial charge is 0.416 e. The number of fused-ring (bicyclic) bond motifs is 2. The summed E-state index contributed by atoms with van der Waals surface area (Å²) >= 11 is 9.23. The molecule has 1 N–H and O–H groups in total. The van der Waals surface area contributed by atoms with Crippen LogP contribution < -0.4 is 0 Å². The number of alkyl halides is 3. The summed E-state index contributed by atoms with van der Waals surface area (Å²) in [6.07, 6.45) is 26.9. The second-order valence-electron chi connectivity index (χ2n) is 32.8. The summed E-state index contributed by atoms with van der Waals surface area (Å²) in [7, 11) is 11.0. The molecule has 0 bridgehead atoms. The molecular weight excluding hydrogens is 1810 g/mol. The van der Waals surface area contributed by atoms with Crippen LogP contribution in [0.15, 0.2) is 275 Å². The van der Waals surface area contributed by atoms with Crippen molar-refractivity contribution in [3.63, 3.8) is 0 Å². The van der Waals surface area contributed by atoms with Crippen LogP contribution in [0.5, 0.6) is 5.75 Å². The van der Waals surface area contributed by atoms with Crippen LogP contribution in [0.4, 0.5) is 17.6 Å². The number of allylic oxidation sites excluding steroid dienone is 3. The minimum atomic E-state index is -4.32. The zero-order chi connectivity index (χ0) is 95.9. The van der Waals surface area contributed by atoms with Crippen LogP contribution >= 0.6 is 27.5 Å². The first-order valence-electron chi connectivity index (χ1n) is 44.5. The predicted octanol–water partition coefficient (Wildman–Crippen LogP) is 21.9. The topological polar surface area (TPSA) is 260 Å². The van der Waals surface area contributed by atoms with E-state index in [1.54, 1.807) is 73.0 Å². The van der Waals surface area contributed by atoms with Gasteiger partial charge in [0.2, 0.25) is 0 Å². The maximum atomic E-state index is 12.7. The Bertz CT molecular complexity index is 5160. The van der Waals surface area contributed by atoms with Crippen LogP contribution in [-0.2, 0) is 153 Å². The van der Waals surface area contributed by atoms with Crippen LogP contribution in [0.25, 0.3) is 16.8 Å². The number of carbonyl (C=O) groups excluding carboxylic acids is 7. The Morgan fingerprint density at radius 3 is 1.08 bits per heavy atom. The van der Waals surface area contributed by atoms with E-state index in [4.69, 9.17) is 73.2 Å². The Morgan fingerprint density at radius 2 is 0.701 bits per heavy atom. The Morgan fingerprint density at radius 1 is 0.373 bits per heavy atom. The summed E-state index contributed by atoms with van der Waals surface area (Å²) in [4.78, 5) is 79.5. The van der Waals surface area contributed by atoms with Gasteiger partial charge in [-0.05, 0) is 224 Å². The molecule has 21 nitrogen and oxygen atoms in total. The lowest BCUT2D eigenvalue weighted by molar-refractivity contribution is -0.146. The lowest BCUT2D eigenvalue weighted by atomic mass is 9.91. The fraction of sp³-hybridized carbons (Fsp3) is 0.355. The fourth-order valence-electron chi connectivity index (χ4n) is 15.7. The van der Waals surface area contributed by atoms with Gasteiger partial charge in [-0.2, -0.15) is 13.2 Å². The summed E-state index contributed by atoms with van der Waals surface area (Å²) in [5, 5.41) is 12.4. The van der Waals surface area contributed by atoms with Gasteiger partial charge in [-0.25, -0.2) is 33.2 Å². The van der Waals surface area contributed by atoms with Crippen molar-refractivity contribution in [1.29, 1.82) is 0 Å². The number of ketones is 1. The van der Waals surface area contributed by atoms with E-state index in [-0.39, 0.29) is 89.7 Å². The highest BCUT2D eigenvalue weighted by atomic mass is 79.9. The van der Waals surface area contributed by atoms with Gasteiger partial charge >= 0.3 is 42.0 Å². The Hall–Kier alpha value is -12.7. The summed E-state index contributed by atoms with van der Waals surface area (Å²) in [5.41, 5.74) is 10.2. The number of phenols is 1. The lowest BCUT2D eigenvalue weighted by Gasteiger charge is -2.22. The highest BCUT2D eigenvalue weighted by Gasteiger charge is 2.32. The summed E-state index contributed by atoms with van der Waals surface area (Å²) in [5.74, 6) is 3.12. The van der Waals surface area contributed by atoms with Crippen LogP contribution in [0.1, 0.15) is 152 Å². The van der Waals surface area contributed by atoms with Gasteiger partial charge < -0.3 is 66.7 Å². The number of esters is 6. The van der Waals surface area contributed by atoms with E-state index in [1.807, 2.05) is 60.7 Å². The molecule has 710 valence electrons. The largest absolute Gasteiger partial charge is 0.508 e. The number of ether oxygens (including phenoxy) is 13. The first-order valence-corrected chi connectivity index (χ1v) is 45.7. The molecule has 6 aliphatic heterocycles. The molecule has 0 aromatic heterocycles. The second-order valence-corrected chi connectivity index (χ2v) is 34.2. The van der Waals surface area contributed by atoms with Gasteiger partial charge in [-0.1, -0.05) is 161 Å². The molecule has 27 heteroatoms. The van der Waals surface area contributed by atoms with Crippen LogP contribution in [0.2, 0.25) is 5.02 Å². The maximum Gasteiger partial charge on any atom is 0.416 e. The van der Waals surface area contributed by atoms with Crippen molar-refractivity contribution in [2.24, 2.45) is 5.92 Å². The van der Waals surface area contributed by atoms with Crippen molar-refractivity contribution >= 4 is 86.0 Å². The quantitative estimate of drug-likeness (QED) is 0.0285. The van der Waals surface area contributed by atoms with Crippen molar-refractivity contribution in [3.05, 3.63) is 342 Å². The highest BCUT2D eigenvalue weighted by molar-refractivity contribution is 9.10. The van der Waals surface area contributed by atoms with Crippen molar-refractivity contribution in [2.75, 3.05) is 49.8 Å². The number of aromatic hydroxyl groups is 1. The lowest BCUT2D eigenvalue weighted by Crippen LogP contribution is -2.23. The number of halogens is 6. The monoisotopic (exact) mass is 1920 g/mol. The number of hydrogen-bond acceptors (Lipinski definition) is 21. The Kier molecular flexibility index (Phi) is 41.1. The third-order valence-electron chi connectivity index (χ3n) is 23.0. The molecule has 0 fully saturated rings. The number of methoxy groups -OCH3 is 7. The Balaban J connectivity index is 0.000000162. The number of hydrogen-bond donors (Lipinski definition) is 1. The maximum absolute atomic E-state index is 12.7. The van der Waals surface area contributed by atoms with Crippen molar-refractivity contribution in [1.82, 2.24) is 0 Å². The van der Waals surface area contributed by atoms with Crippen LogP contribution in [-0.4, -0.2) is 133 Å². The van der Waals surface area contributed by atoms with Gasteiger partial charge in [-0.3, -0.25) is 4.79 Å². The van der Waals surface area contributed by atoms with E-state index in [9.17, 15) is 56.2 Å². The molecule has 8 aliphatic rings. The highest BCUT2D eigenvalue weighted by Crippen LogP contribution is 2.33. The molecule has 6 heterocycles. The minimum absolute atomic E-state index is 0.0823. The number of aryl methyl sites for hydroxylation is 8. The van der Waals surface area contributed by atoms with E-state index in [2.05, 4.69) is 88.7 Å². The second kappa shape index (κ2) is 53.3. The van der Waals surface area contributed by atoms with Gasteiger partial charge in [0.1, 0.15) is 82.7 Å². The normalized spacial score (nSPS) is 19.4. The molecule has 8 aromatic carbocycles. The van der Waals surface area contributed by atoms with E-state index in [1.165, 1.54) is 131 Å². The van der Waals surface area contributed by atoms with Crippen molar-refractivity contribution < 1.29 is 118 Å². The number of cyclic esters (lactones) is 6. The summed E-state index contributed by atoms with van der Waals surface area (Å²) in [6.45, 7) is 0. The molecule has 134 heavy (non-hydrogen) atoms. The average molecular weight is 1930 g/mol. The van der Waals surface area contributed by atoms with E-state index >= 15 is 0 Å². The first-order chi connectivity index (χ1) is 64.5. The SMILES string of the molecule is COC1=CC(=O)CC(/C=C/c2ccc3c(c2)CCC3)C1.COC1=CC(=O)OC(CCc2ccc(Br)cc2)C1.COC1=CC(=O)OC(CCc2ccc(C(F)(F)F)cc2)C1.COC1=CC(=O)OC(CCc2ccc(Cl)cc2)C1.COC1=CC(=O)OC(CCc2ccc(F)cc2)C1.COC1=CC(=O)OC(CCc2ccc(O)cc2)C1.COC1=CC(=O)OC(CCc2ccc3ccccc3c2)C1. The molecule has 0 radical (unpaired) electrons. The number of phenolic OH excluding ortho intramolecular Hbond substituents is 1. The molecule has 8 aromatic rings. The van der Waals surface area contributed by atoms with Crippen LogP contribution in [0, 0.1) is 11.7 Å².